The van der Waals surface area contributed by atoms with Gasteiger partial charge in [0.05, 0.1) is 17.1 Å². The molecule has 0 aromatic heterocycles. The van der Waals surface area contributed by atoms with Crippen LogP contribution in [0.3, 0.4) is 0 Å². The molecule has 10 nitrogen and oxygen atoms in total. The van der Waals surface area contributed by atoms with E-state index in [1.165, 1.54) is 18.2 Å². The summed E-state index contributed by atoms with van der Waals surface area (Å²) >= 11 is -2.33. The highest BCUT2D eigenvalue weighted by Crippen LogP contribution is 2.29. The van der Waals surface area contributed by atoms with Crippen molar-refractivity contribution in [3.8, 4) is 0 Å². The lowest BCUT2D eigenvalue weighted by molar-refractivity contribution is -0.139. The first-order valence-corrected chi connectivity index (χ1v) is 7.12. The van der Waals surface area contributed by atoms with E-state index in [1.54, 1.807) is 0 Å². The molecular weight excluding hydrogens is 316 g/mol. The summed E-state index contributed by atoms with van der Waals surface area (Å²) in [5, 5.41) is 13.7. The monoisotopic (exact) mass is 327 g/mol. The lowest BCUT2D eigenvalue weighted by Crippen LogP contribution is -2.60. The van der Waals surface area contributed by atoms with E-state index in [0.29, 0.717) is 5.69 Å². The number of hydrogen-bond acceptors (Lipinski definition) is 6. The number of carboxylic acid groups (broad SMARTS) is 1. The standard InChI is InChI=1S/C11H12N4O6S/c12-11(19)15-7-2-1-5(13-4-22(20)21)3-6(7)9(16)14-8(15)10(17)18/h1-3,8,13H,4H2,(H2,12,19)(H,14,16)(H,17,18)(H,20,21)/p-1. The smallest absolute Gasteiger partial charge is 0.347 e. The Morgan fingerprint density at radius 3 is 2.73 bits per heavy atom. The highest BCUT2D eigenvalue weighted by atomic mass is 32.2. The molecule has 0 saturated carbocycles. The Morgan fingerprint density at radius 2 is 2.18 bits per heavy atom. The number of aliphatic carboxylic acids is 1. The van der Waals surface area contributed by atoms with Crippen LogP contribution in [0.2, 0.25) is 0 Å². The molecule has 0 fully saturated rings. The molecular formula is C11H11N4O6S-. The molecule has 2 rings (SSSR count). The Hall–Kier alpha value is -2.66. The fourth-order valence-electron chi connectivity index (χ4n) is 2.00. The minimum absolute atomic E-state index is 0.00187. The molecule has 5 N–H and O–H groups in total. The molecule has 1 aromatic rings. The Balaban J connectivity index is 2.42. The van der Waals surface area contributed by atoms with E-state index in [2.05, 4.69) is 10.6 Å². The molecule has 11 heteroatoms. The summed E-state index contributed by atoms with van der Waals surface area (Å²) in [4.78, 5) is 35.3. The van der Waals surface area contributed by atoms with Gasteiger partial charge in [-0.15, -0.1) is 0 Å². The van der Waals surface area contributed by atoms with Crippen molar-refractivity contribution in [1.82, 2.24) is 5.32 Å². The summed E-state index contributed by atoms with van der Waals surface area (Å²) in [5.74, 6) is -2.52. The van der Waals surface area contributed by atoms with Gasteiger partial charge in [-0.3, -0.25) is 13.9 Å². The van der Waals surface area contributed by atoms with Gasteiger partial charge in [0.15, 0.2) is 0 Å². The van der Waals surface area contributed by atoms with Crippen LogP contribution in [0.5, 0.6) is 0 Å². The fraction of sp³-hybridized carbons (Fsp3) is 0.182. The Kier molecular flexibility index (Phi) is 4.28. The number of carboxylic acids is 1. The number of carbonyl (C=O) groups excluding carboxylic acids is 2. The number of nitrogens with zero attached hydrogens (tertiary/aromatic N) is 1. The molecule has 118 valence electrons. The maximum Gasteiger partial charge on any atom is 0.347 e. The van der Waals surface area contributed by atoms with Crippen LogP contribution >= 0.6 is 0 Å². The zero-order valence-corrected chi connectivity index (χ0v) is 11.8. The summed E-state index contributed by atoms with van der Waals surface area (Å²) < 4.78 is 21.0. The molecule has 1 aliphatic rings. The summed E-state index contributed by atoms with van der Waals surface area (Å²) in [6.07, 6.45) is -1.61. The van der Waals surface area contributed by atoms with Crippen molar-refractivity contribution in [2.45, 2.75) is 6.17 Å². The summed E-state index contributed by atoms with van der Waals surface area (Å²) in [5.41, 5.74) is 5.51. The van der Waals surface area contributed by atoms with Crippen LogP contribution in [0.1, 0.15) is 10.4 Å². The minimum Gasteiger partial charge on any atom is -0.771 e. The van der Waals surface area contributed by atoms with Gasteiger partial charge in [0.1, 0.15) is 0 Å². The van der Waals surface area contributed by atoms with Gasteiger partial charge in [-0.2, -0.15) is 0 Å². The van der Waals surface area contributed by atoms with E-state index in [0.717, 1.165) is 4.90 Å². The molecule has 2 unspecified atom stereocenters. The molecule has 1 aliphatic heterocycles. The molecule has 2 atom stereocenters. The van der Waals surface area contributed by atoms with Crippen LogP contribution in [-0.4, -0.2) is 43.8 Å². The first-order valence-electron chi connectivity index (χ1n) is 5.87. The number of hydrogen-bond donors (Lipinski definition) is 4. The van der Waals surface area contributed by atoms with Gasteiger partial charge >= 0.3 is 12.0 Å². The second-order valence-electron chi connectivity index (χ2n) is 4.28. The number of nitrogens with two attached hydrogens (primary N) is 1. The van der Waals surface area contributed by atoms with Gasteiger partial charge in [-0.25, -0.2) is 9.59 Å². The zero-order valence-electron chi connectivity index (χ0n) is 10.9. The maximum absolute atomic E-state index is 12.0. The number of anilines is 2. The van der Waals surface area contributed by atoms with Gasteiger partial charge in [0.2, 0.25) is 6.17 Å². The van der Waals surface area contributed by atoms with E-state index in [4.69, 9.17) is 10.8 Å². The second-order valence-corrected chi connectivity index (χ2v) is 5.18. The first kappa shape index (κ1) is 15.7. The largest absolute Gasteiger partial charge is 0.771 e. The average molecular weight is 327 g/mol. The number of benzene rings is 1. The lowest BCUT2D eigenvalue weighted by Gasteiger charge is -2.33. The Morgan fingerprint density at radius 1 is 1.50 bits per heavy atom. The summed E-state index contributed by atoms with van der Waals surface area (Å²) in [7, 11) is 0. The van der Waals surface area contributed by atoms with E-state index >= 15 is 0 Å². The number of primary amides is 1. The zero-order chi connectivity index (χ0) is 16.4. The number of nitrogens with one attached hydrogen (secondary N) is 2. The predicted octanol–water partition coefficient (Wildman–Crippen LogP) is -1.03. The highest BCUT2D eigenvalue weighted by molar-refractivity contribution is 7.79. The topological polar surface area (TPSA) is 165 Å². The quantitative estimate of drug-likeness (QED) is 0.513. The van der Waals surface area contributed by atoms with Gasteiger partial charge in [0.25, 0.3) is 5.91 Å². The third kappa shape index (κ3) is 2.99. The molecule has 22 heavy (non-hydrogen) atoms. The molecule has 1 aromatic carbocycles. The normalized spacial score (nSPS) is 18.1. The predicted molar refractivity (Wildman–Crippen MR) is 74.8 cm³/mol. The SMILES string of the molecule is NC(=O)N1c2ccc(NCS(=O)[O-])cc2C(=O)NC1C(=O)O. The second kappa shape index (κ2) is 5.99. The van der Waals surface area contributed by atoms with Gasteiger partial charge < -0.3 is 26.0 Å². The average Bonchev–Trinajstić information content (AvgIpc) is 2.44. The van der Waals surface area contributed by atoms with Crippen LogP contribution in [-0.2, 0) is 15.9 Å². The number of amides is 3. The molecule has 0 aliphatic carbocycles. The lowest BCUT2D eigenvalue weighted by atomic mass is 10.1. The van der Waals surface area contributed by atoms with Crippen molar-refractivity contribution in [3.05, 3.63) is 23.8 Å². The van der Waals surface area contributed by atoms with E-state index in [9.17, 15) is 23.1 Å². The van der Waals surface area contributed by atoms with Crippen molar-refractivity contribution in [1.29, 1.82) is 0 Å². The van der Waals surface area contributed by atoms with Crippen LogP contribution < -0.4 is 21.3 Å². The van der Waals surface area contributed by atoms with Gasteiger partial charge in [-0.1, -0.05) is 0 Å². The van der Waals surface area contributed by atoms with E-state index in [1.807, 2.05) is 0 Å². The molecule has 0 bridgehead atoms. The molecule has 0 saturated heterocycles. The van der Waals surface area contributed by atoms with Crippen LogP contribution in [0.15, 0.2) is 18.2 Å². The molecule has 0 radical (unpaired) electrons. The Labute approximate surface area is 126 Å². The molecule has 3 amide bonds. The van der Waals surface area contributed by atoms with Crippen molar-refractivity contribution in [3.63, 3.8) is 0 Å². The maximum atomic E-state index is 12.0. The molecule has 1 heterocycles. The van der Waals surface area contributed by atoms with Crippen molar-refractivity contribution in [2.24, 2.45) is 5.73 Å². The number of urea groups is 1. The first-order chi connectivity index (χ1) is 10.3. The van der Waals surface area contributed by atoms with Gasteiger partial charge in [0, 0.05) is 5.69 Å². The van der Waals surface area contributed by atoms with Crippen LogP contribution in [0.4, 0.5) is 16.2 Å². The van der Waals surface area contributed by atoms with Gasteiger partial charge in [-0.05, 0) is 29.3 Å². The third-order valence-electron chi connectivity index (χ3n) is 2.89. The van der Waals surface area contributed by atoms with Crippen molar-refractivity contribution >= 4 is 40.4 Å². The van der Waals surface area contributed by atoms with E-state index < -0.39 is 35.2 Å². The van der Waals surface area contributed by atoms with Crippen molar-refractivity contribution < 1.29 is 28.3 Å². The summed E-state index contributed by atoms with van der Waals surface area (Å²) in [6, 6.07) is 2.96. The number of fused-ring (bicyclic) bond motifs is 1. The van der Waals surface area contributed by atoms with Crippen LogP contribution in [0, 0.1) is 0 Å². The number of carbonyl (C=O) groups is 3. The third-order valence-corrected chi connectivity index (χ3v) is 3.27. The molecule has 0 spiro atoms. The highest BCUT2D eigenvalue weighted by Gasteiger charge is 2.38. The van der Waals surface area contributed by atoms with E-state index in [-0.39, 0.29) is 17.1 Å². The minimum atomic E-state index is -2.33. The number of rotatable bonds is 4. The van der Waals surface area contributed by atoms with Crippen LogP contribution in [0.25, 0.3) is 0 Å². The fourth-order valence-corrected chi connectivity index (χ4v) is 2.29. The van der Waals surface area contributed by atoms with Crippen molar-refractivity contribution in [2.75, 3.05) is 16.1 Å². The Bertz CT molecular complexity index is 679. The summed E-state index contributed by atoms with van der Waals surface area (Å²) in [6.45, 7) is 0.